The maximum absolute atomic E-state index is 14.6. The molecule has 1 saturated heterocycles. The van der Waals surface area contributed by atoms with Gasteiger partial charge in [-0.2, -0.15) is 0 Å². The maximum Gasteiger partial charge on any atom is 0.254 e. The number of fused-ring (bicyclic) bond motifs is 1. The average molecular weight is 495 g/mol. The molecule has 10 heteroatoms. The van der Waals surface area contributed by atoms with Crippen molar-refractivity contribution in [2.24, 2.45) is 0 Å². The Morgan fingerprint density at radius 1 is 1.29 bits per heavy atom. The van der Waals surface area contributed by atoms with Gasteiger partial charge < -0.3 is 19.9 Å². The molecule has 0 radical (unpaired) electrons. The topological polar surface area (TPSA) is 96.0 Å². The number of methoxy groups -OCH3 is 1. The molecule has 1 aliphatic rings. The van der Waals surface area contributed by atoms with Crippen molar-refractivity contribution in [1.29, 1.82) is 0 Å². The Hall–Kier alpha value is -3.72. The summed E-state index contributed by atoms with van der Waals surface area (Å²) in [5.41, 5.74) is 1.88. The molecule has 35 heavy (non-hydrogen) atoms. The summed E-state index contributed by atoms with van der Waals surface area (Å²) in [6.45, 7) is 1.01. The molecule has 4 heterocycles. The first-order valence-electron chi connectivity index (χ1n) is 11.4. The van der Waals surface area contributed by atoms with Gasteiger partial charge in [0.05, 0.1) is 18.3 Å². The van der Waals surface area contributed by atoms with E-state index in [1.807, 2.05) is 4.90 Å². The standard InChI is InChI=1S/C25H24ClFN6O2/c1-35-18-7-4-5-15(9-18)25(34)33-8-3-2-6-17(33)12-29-24-21(27)14-31-23(32-24)20-13-30-22-19(20)10-16(26)11-28-22/h4-5,7,9-11,13-14,17H,2-3,6,8,12H2,1H3,(H,28,30)(H,29,31,32)/t17-/m1/s1. The van der Waals surface area contributed by atoms with E-state index in [4.69, 9.17) is 16.3 Å². The van der Waals surface area contributed by atoms with Crippen molar-refractivity contribution in [3.05, 3.63) is 65.3 Å². The molecule has 1 atom stereocenters. The Balaban J connectivity index is 1.36. The predicted molar refractivity (Wildman–Crippen MR) is 132 cm³/mol. The molecule has 0 saturated carbocycles. The second kappa shape index (κ2) is 9.87. The summed E-state index contributed by atoms with van der Waals surface area (Å²) >= 11 is 6.10. The molecular formula is C25H24ClFN6O2. The van der Waals surface area contributed by atoms with E-state index in [1.165, 1.54) is 0 Å². The molecule has 1 aromatic carbocycles. The highest BCUT2D eigenvalue weighted by Gasteiger charge is 2.28. The maximum atomic E-state index is 14.6. The minimum Gasteiger partial charge on any atom is -0.497 e. The summed E-state index contributed by atoms with van der Waals surface area (Å²) in [7, 11) is 1.57. The molecule has 0 spiro atoms. The van der Waals surface area contributed by atoms with Crippen LogP contribution >= 0.6 is 11.6 Å². The number of pyridine rings is 1. The Labute approximate surface area is 206 Å². The molecule has 0 unspecified atom stereocenters. The van der Waals surface area contributed by atoms with Crippen LogP contribution in [0.5, 0.6) is 5.75 Å². The van der Waals surface area contributed by atoms with E-state index in [0.29, 0.717) is 46.5 Å². The van der Waals surface area contributed by atoms with Crippen LogP contribution in [-0.2, 0) is 0 Å². The van der Waals surface area contributed by atoms with E-state index < -0.39 is 5.82 Å². The fourth-order valence-corrected chi connectivity index (χ4v) is 4.56. The number of anilines is 1. The highest BCUT2D eigenvalue weighted by Crippen LogP contribution is 2.28. The van der Waals surface area contributed by atoms with Crippen LogP contribution in [0.1, 0.15) is 29.6 Å². The van der Waals surface area contributed by atoms with Gasteiger partial charge in [0.25, 0.3) is 5.91 Å². The number of hydrogen-bond donors (Lipinski definition) is 2. The number of benzene rings is 1. The number of piperidine rings is 1. The van der Waals surface area contributed by atoms with Gasteiger partial charge >= 0.3 is 0 Å². The number of aromatic nitrogens is 4. The van der Waals surface area contributed by atoms with Crippen LogP contribution in [0, 0.1) is 5.82 Å². The minimum absolute atomic E-state index is 0.0672. The van der Waals surface area contributed by atoms with Gasteiger partial charge in [-0.3, -0.25) is 4.79 Å². The normalized spacial score (nSPS) is 15.9. The molecule has 8 nitrogen and oxygen atoms in total. The number of amides is 1. The Kier molecular flexibility index (Phi) is 6.50. The predicted octanol–water partition coefficient (Wildman–Crippen LogP) is 4.93. The zero-order chi connectivity index (χ0) is 24.4. The molecule has 1 amide bonds. The fraction of sp³-hybridized carbons (Fsp3) is 0.280. The first-order chi connectivity index (χ1) is 17.0. The molecule has 0 bridgehead atoms. The number of carbonyl (C=O) groups is 1. The number of H-pyrrole nitrogens is 1. The molecule has 1 aliphatic heterocycles. The summed E-state index contributed by atoms with van der Waals surface area (Å²) < 4.78 is 19.9. The number of ether oxygens (including phenoxy) is 1. The molecule has 4 aromatic rings. The van der Waals surface area contributed by atoms with Crippen molar-refractivity contribution in [2.45, 2.75) is 25.3 Å². The van der Waals surface area contributed by atoms with Gasteiger partial charge in [0.1, 0.15) is 11.4 Å². The monoisotopic (exact) mass is 494 g/mol. The first kappa shape index (κ1) is 23.0. The summed E-state index contributed by atoms with van der Waals surface area (Å²) in [6.07, 6.45) is 7.15. The highest BCUT2D eigenvalue weighted by atomic mass is 35.5. The van der Waals surface area contributed by atoms with Crippen molar-refractivity contribution in [1.82, 2.24) is 24.8 Å². The van der Waals surface area contributed by atoms with E-state index in [0.717, 1.165) is 30.8 Å². The summed E-state index contributed by atoms with van der Waals surface area (Å²) in [5.74, 6) is 0.427. The number of halogens is 2. The number of likely N-dealkylation sites (tertiary alicyclic amines) is 1. The number of rotatable bonds is 6. The Morgan fingerprint density at radius 3 is 3.03 bits per heavy atom. The van der Waals surface area contributed by atoms with Crippen molar-refractivity contribution in [2.75, 3.05) is 25.5 Å². The molecule has 0 aliphatic carbocycles. The minimum atomic E-state index is -0.564. The molecule has 1 fully saturated rings. The summed E-state index contributed by atoms with van der Waals surface area (Å²) in [6, 6.07) is 8.78. The van der Waals surface area contributed by atoms with Gasteiger partial charge in [0.2, 0.25) is 0 Å². The van der Waals surface area contributed by atoms with E-state index in [2.05, 4.69) is 25.3 Å². The Bertz CT molecular complexity index is 1380. The molecule has 3 aromatic heterocycles. The summed E-state index contributed by atoms with van der Waals surface area (Å²) in [4.78, 5) is 31.0. The summed E-state index contributed by atoms with van der Waals surface area (Å²) in [5, 5.41) is 4.34. The Morgan fingerprint density at radius 2 is 2.17 bits per heavy atom. The third-order valence-electron chi connectivity index (χ3n) is 6.19. The van der Waals surface area contributed by atoms with Crippen LogP contribution in [0.4, 0.5) is 10.2 Å². The smallest absolute Gasteiger partial charge is 0.254 e. The van der Waals surface area contributed by atoms with Crippen LogP contribution in [0.25, 0.3) is 22.4 Å². The third kappa shape index (κ3) is 4.77. The van der Waals surface area contributed by atoms with E-state index >= 15 is 0 Å². The first-order valence-corrected chi connectivity index (χ1v) is 11.8. The molecule has 5 rings (SSSR count). The molecule has 180 valence electrons. The quantitative estimate of drug-likeness (QED) is 0.394. The van der Waals surface area contributed by atoms with Gasteiger partial charge in [-0.25, -0.2) is 19.3 Å². The van der Waals surface area contributed by atoms with Crippen molar-refractivity contribution >= 4 is 34.4 Å². The zero-order valence-corrected chi connectivity index (χ0v) is 19.8. The van der Waals surface area contributed by atoms with Gasteiger partial charge in [-0.05, 0) is 43.5 Å². The third-order valence-corrected chi connectivity index (χ3v) is 6.40. The lowest BCUT2D eigenvalue weighted by Gasteiger charge is -2.36. The van der Waals surface area contributed by atoms with Gasteiger partial charge in [0, 0.05) is 48.0 Å². The number of nitrogens with one attached hydrogen (secondary N) is 2. The van der Waals surface area contributed by atoms with Gasteiger partial charge in [-0.1, -0.05) is 17.7 Å². The number of aromatic amines is 1. The largest absolute Gasteiger partial charge is 0.497 e. The number of nitrogens with zero attached hydrogens (tertiary/aromatic N) is 4. The van der Waals surface area contributed by atoms with Crippen LogP contribution in [0.2, 0.25) is 5.02 Å². The lowest BCUT2D eigenvalue weighted by molar-refractivity contribution is 0.0628. The lowest BCUT2D eigenvalue weighted by atomic mass is 10.0. The van der Waals surface area contributed by atoms with Gasteiger partial charge in [-0.15, -0.1) is 0 Å². The molecular weight excluding hydrogens is 471 g/mol. The van der Waals surface area contributed by atoms with Gasteiger partial charge in [0.15, 0.2) is 17.5 Å². The number of hydrogen-bond acceptors (Lipinski definition) is 6. The van der Waals surface area contributed by atoms with Crippen molar-refractivity contribution < 1.29 is 13.9 Å². The second-order valence-corrected chi connectivity index (χ2v) is 8.84. The zero-order valence-electron chi connectivity index (χ0n) is 19.1. The number of carbonyl (C=O) groups excluding carboxylic acids is 1. The highest BCUT2D eigenvalue weighted by molar-refractivity contribution is 6.31. The fourth-order valence-electron chi connectivity index (χ4n) is 4.40. The van der Waals surface area contributed by atoms with E-state index in [9.17, 15) is 9.18 Å². The molecule has 2 N–H and O–H groups in total. The van der Waals surface area contributed by atoms with Crippen molar-refractivity contribution in [3.63, 3.8) is 0 Å². The van der Waals surface area contributed by atoms with E-state index in [1.54, 1.807) is 49.8 Å². The average Bonchev–Trinajstić information content (AvgIpc) is 3.31. The van der Waals surface area contributed by atoms with Crippen LogP contribution in [-0.4, -0.2) is 57.0 Å². The SMILES string of the molecule is COc1cccc(C(=O)N2CCCC[C@@H]2CNc2nc(-c3c[nH]c4ncc(Cl)cc34)ncc2F)c1. The van der Waals surface area contributed by atoms with Crippen LogP contribution in [0.15, 0.2) is 48.9 Å². The van der Waals surface area contributed by atoms with E-state index in [-0.39, 0.29) is 17.8 Å². The second-order valence-electron chi connectivity index (χ2n) is 8.40. The van der Waals surface area contributed by atoms with Crippen molar-refractivity contribution in [3.8, 4) is 17.1 Å². The van der Waals surface area contributed by atoms with Crippen LogP contribution in [0.3, 0.4) is 0 Å². The lowest BCUT2D eigenvalue weighted by Crippen LogP contribution is -2.47. The van der Waals surface area contributed by atoms with Crippen LogP contribution < -0.4 is 10.1 Å².